The summed E-state index contributed by atoms with van der Waals surface area (Å²) in [5, 5.41) is 23.6. The van der Waals surface area contributed by atoms with E-state index in [1.54, 1.807) is 0 Å². The van der Waals surface area contributed by atoms with Crippen molar-refractivity contribution >= 4 is 27.5 Å². The van der Waals surface area contributed by atoms with Crippen LogP contribution in [0.3, 0.4) is 0 Å². The Kier molecular flexibility index (Phi) is 6.04. The molecule has 0 radical (unpaired) electrons. The van der Waals surface area contributed by atoms with E-state index in [0.717, 1.165) is 29.0 Å². The molecule has 3 N–H and O–H groups in total. The molecule has 0 saturated heterocycles. The first-order chi connectivity index (χ1) is 12.1. The molecule has 0 spiro atoms. The van der Waals surface area contributed by atoms with Gasteiger partial charge in [-0.3, -0.25) is 4.79 Å². The molecule has 1 heterocycles. The third-order valence-corrected chi connectivity index (χ3v) is 6.35. The van der Waals surface area contributed by atoms with E-state index in [-0.39, 0.29) is 0 Å². The predicted molar refractivity (Wildman–Crippen MR) is 99.3 cm³/mol. The minimum Gasteiger partial charge on any atom is -0.383 e. The van der Waals surface area contributed by atoms with E-state index < -0.39 is 18.1 Å². The summed E-state index contributed by atoms with van der Waals surface area (Å²) in [6, 6.07) is 7.52. The van der Waals surface area contributed by atoms with Gasteiger partial charge in [-0.2, -0.15) is 0 Å². The van der Waals surface area contributed by atoms with E-state index in [9.17, 15) is 15.0 Å². The van der Waals surface area contributed by atoms with Crippen LogP contribution in [0.4, 0.5) is 0 Å². The van der Waals surface area contributed by atoms with Crippen molar-refractivity contribution in [3.63, 3.8) is 0 Å². The van der Waals surface area contributed by atoms with Gasteiger partial charge >= 0.3 is 0 Å². The van der Waals surface area contributed by atoms with Crippen molar-refractivity contribution in [1.29, 1.82) is 0 Å². The van der Waals surface area contributed by atoms with Crippen LogP contribution in [0.15, 0.2) is 24.3 Å². The second-order valence-electron chi connectivity index (χ2n) is 6.95. The van der Waals surface area contributed by atoms with Gasteiger partial charge in [0.2, 0.25) is 0 Å². The van der Waals surface area contributed by atoms with E-state index in [1.165, 1.54) is 30.6 Å². The van der Waals surface area contributed by atoms with Crippen LogP contribution >= 0.6 is 11.3 Å². The summed E-state index contributed by atoms with van der Waals surface area (Å²) in [7, 11) is 0. The molecule has 1 aromatic heterocycles. The Labute approximate surface area is 152 Å². The first-order valence-corrected chi connectivity index (χ1v) is 9.89. The zero-order valence-electron chi connectivity index (χ0n) is 14.5. The SMILES string of the molecule is CCC1CCC(CNC(=O)[C@H](O)[C@@H](O)c2nc3ccccc3s2)CC1. The van der Waals surface area contributed by atoms with Gasteiger partial charge in [-0.25, -0.2) is 4.98 Å². The summed E-state index contributed by atoms with van der Waals surface area (Å²) in [6.07, 6.45) is 3.11. The number of aliphatic hydroxyl groups is 2. The summed E-state index contributed by atoms with van der Waals surface area (Å²) in [4.78, 5) is 16.5. The number of nitrogens with zero attached hydrogens (tertiary/aromatic N) is 1. The van der Waals surface area contributed by atoms with E-state index in [1.807, 2.05) is 24.3 Å². The predicted octanol–water partition coefficient (Wildman–Crippen LogP) is 3.02. The zero-order valence-corrected chi connectivity index (χ0v) is 15.3. The molecule has 6 heteroatoms. The van der Waals surface area contributed by atoms with Crippen LogP contribution in [0.5, 0.6) is 0 Å². The lowest BCUT2D eigenvalue weighted by atomic mass is 9.81. The number of hydrogen-bond acceptors (Lipinski definition) is 5. The number of aliphatic hydroxyl groups excluding tert-OH is 2. The maximum Gasteiger partial charge on any atom is 0.252 e. The molecule has 25 heavy (non-hydrogen) atoms. The number of carbonyl (C=O) groups is 1. The minimum atomic E-state index is -1.49. The molecule has 3 rings (SSSR count). The third kappa shape index (κ3) is 4.37. The van der Waals surface area contributed by atoms with Crippen molar-refractivity contribution in [2.24, 2.45) is 11.8 Å². The van der Waals surface area contributed by atoms with Crippen molar-refractivity contribution in [2.45, 2.75) is 51.2 Å². The fraction of sp³-hybridized carbons (Fsp3) is 0.579. The molecule has 136 valence electrons. The molecule has 2 atom stereocenters. The van der Waals surface area contributed by atoms with E-state index in [2.05, 4.69) is 17.2 Å². The number of benzene rings is 1. The van der Waals surface area contributed by atoms with E-state index in [4.69, 9.17) is 0 Å². The van der Waals surface area contributed by atoms with Crippen LogP contribution in [-0.4, -0.2) is 33.8 Å². The first-order valence-electron chi connectivity index (χ1n) is 9.07. The molecule has 0 aliphatic heterocycles. The Morgan fingerprint density at radius 3 is 2.60 bits per heavy atom. The van der Waals surface area contributed by atoms with Crippen molar-refractivity contribution < 1.29 is 15.0 Å². The quantitative estimate of drug-likeness (QED) is 0.738. The molecule has 1 aliphatic carbocycles. The zero-order chi connectivity index (χ0) is 17.8. The Balaban J connectivity index is 1.53. The van der Waals surface area contributed by atoms with Crippen molar-refractivity contribution in [3.8, 4) is 0 Å². The Hall–Kier alpha value is -1.50. The number of rotatable bonds is 6. The normalized spacial score (nSPS) is 23.3. The lowest BCUT2D eigenvalue weighted by Gasteiger charge is -2.28. The van der Waals surface area contributed by atoms with Crippen LogP contribution in [0, 0.1) is 11.8 Å². The summed E-state index contributed by atoms with van der Waals surface area (Å²) in [6.45, 7) is 2.80. The number of fused-ring (bicyclic) bond motifs is 1. The second-order valence-corrected chi connectivity index (χ2v) is 8.01. The smallest absolute Gasteiger partial charge is 0.252 e. The van der Waals surface area contributed by atoms with E-state index in [0.29, 0.717) is 17.5 Å². The Morgan fingerprint density at radius 1 is 1.24 bits per heavy atom. The monoisotopic (exact) mass is 362 g/mol. The molecule has 1 aromatic carbocycles. The molecule has 1 fully saturated rings. The number of carbonyl (C=O) groups excluding carboxylic acids is 1. The van der Waals surface area contributed by atoms with Gasteiger partial charge in [0.25, 0.3) is 5.91 Å². The van der Waals surface area contributed by atoms with Crippen LogP contribution < -0.4 is 5.32 Å². The summed E-state index contributed by atoms with van der Waals surface area (Å²) in [5.74, 6) is 0.765. The molecule has 2 aromatic rings. The number of para-hydroxylation sites is 1. The van der Waals surface area contributed by atoms with Gasteiger partial charge in [0, 0.05) is 6.54 Å². The summed E-state index contributed by atoms with van der Waals surface area (Å²) >= 11 is 1.30. The first kappa shape index (κ1) is 18.3. The molecular weight excluding hydrogens is 336 g/mol. The topological polar surface area (TPSA) is 82.5 Å². The fourth-order valence-electron chi connectivity index (χ4n) is 3.49. The van der Waals surface area contributed by atoms with Gasteiger partial charge in [-0.1, -0.05) is 38.3 Å². The van der Waals surface area contributed by atoms with Crippen LogP contribution in [0.25, 0.3) is 10.2 Å². The van der Waals surface area contributed by atoms with Gasteiger partial charge in [0.1, 0.15) is 11.1 Å². The van der Waals surface area contributed by atoms with Gasteiger partial charge in [-0.15, -0.1) is 11.3 Å². The highest BCUT2D eigenvalue weighted by Crippen LogP contribution is 2.30. The van der Waals surface area contributed by atoms with Crippen LogP contribution in [0.2, 0.25) is 0 Å². The molecule has 1 aliphatic rings. The van der Waals surface area contributed by atoms with Crippen molar-refractivity contribution in [3.05, 3.63) is 29.3 Å². The van der Waals surface area contributed by atoms with Gasteiger partial charge in [0.05, 0.1) is 10.2 Å². The highest BCUT2D eigenvalue weighted by atomic mass is 32.1. The molecule has 1 saturated carbocycles. The lowest BCUT2D eigenvalue weighted by molar-refractivity contribution is -0.135. The van der Waals surface area contributed by atoms with Crippen LogP contribution in [0.1, 0.15) is 50.1 Å². The lowest BCUT2D eigenvalue weighted by Crippen LogP contribution is -2.41. The van der Waals surface area contributed by atoms with Gasteiger partial charge in [-0.05, 0) is 36.8 Å². The number of thiazole rings is 1. The molecule has 0 unspecified atom stereocenters. The van der Waals surface area contributed by atoms with Crippen molar-refractivity contribution in [1.82, 2.24) is 10.3 Å². The number of nitrogens with one attached hydrogen (secondary N) is 1. The molecule has 5 nitrogen and oxygen atoms in total. The highest BCUT2D eigenvalue weighted by molar-refractivity contribution is 7.18. The fourth-order valence-corrected chi connectivity index (χ4v) is 4.47. The Morgan fingerprint density at radius 2 is 1.92 bits per heavy atom. The molecular formula is C19H26N2O3S. The van der Waals surface area contributed by atoms with Crippen LogP contribution in [-0.2, 0) is 4.79 Å². The highest BCUT2D eigenvalue weighted by Gasteiger charge is 2.29. The maximum atomic E-state index is 12.2. The average Bonchev–Trinajstić information content (AvgIpc) is 3.09. The molecule has 0 bridgehead atoms. The minimum absolute atomic E-state index is 0.368. The largest absolute Gasteiger partial charge is 0.383 e. The number of amides is 1. The Bertz CT molecular complexity index is 677. The van der Waals surface area contributed by atoms with Crippen molar-refractivity contribution in [2.75, 3.05) is 6.54 Å². The third-order valence-electron chi connectivity index (χ3n) is 5.24. The van der Waals surface area contributed by atoms with Gasteiger partial charge in [0.15, 0.2) is 6.10 Å². The standard InChI is InChI=1S/C19H26N2O3S/c1-2-12-7-9-13(10-8-12)11-20-18(24)16(22)17(23)19-21-14-5-3-4-6-15(14)25-19/h3-6,12-13,16-17,22-23H,2,7-11H2,1H3,(H,20,24)/t12?,13?,16-,17-/m1/s1. The number of aromatic nitrogens is 1. The molecule has 1 amide bonds. The summed E-state index contributed by atoms with van der Waals surface area (Å²) < 4.78 is 0.928. The second kappa shape index (κ2) is 8.25. The maximum absolute atomic E-state index is 12.2. The number of hydrogen-bond donors (Lipinski definition) is 3. The van der Waals surface area contributed by atoms with E-state index >= 15 is 0 Å². The average molecular weight is 362 g/mol. The van der Waals surface area contributed by atoms with Gasteiger partial charge < -0.3 is 15.5 Å². The summed E-state index contributed by atoms with van der Waals surface area (Å²) in [5.41, 5.74) is 0.766.